The van der Waals surface area contributed by atoms with Gasteiger partial charge in [-0.3, -0.25) is 4.18 Å². The van der Waals surface area contributed by atoms with Crippen molar-refractivity contribution in [3.05, 3.63) is 30.3 Å². The van der Waals surface area contributed by atoms with E-state index in [1.165, 1.54) is 51.4 Å². The lowest BCUT2D eigenvalue weighted by molar-refractivity contribution is 0.180. The van der Waals surface area contributed by atoms with Crippen LogP contribution in [0.4, 0.5) is 0 Å². The molecule has 4 heteroatoms. The third-order valence-corrected chi connectivity index (χ3v) is 6.18. The smallest absolute Gasteiger partial charge is 0.263 e. The normalized spacial score (nSPS) is 13.0. The van der Waals surface area contributed by atoms with Crippen LogP contribution in [-0.4, -0.2) is 14.5 Å². The molecule has 0 spiro atoms. The van der Waals surface area contributed by atoms with Gasteiger partial charge in [-0.1, -0.05) is 103 Å². The summed E-state index contributed by atoms with van der Waals surface area (Å²) in [7, 11) is -3.66. The van der Waals surface area contributed by atoms with Crippen molar-refractivity contribution in [1.82, 2.24) is 0 Å². The summed E-state index contributed by atoms with van der Waals surface area (Å²) in [5, 5.41) is 0. The van der Waals surface area contributed by atoms with Gasteiger partial charge in [-0.15, -0.1) is 0 Å². The highest BCUT2D eigenvalue weighted by molar-refractivity contribution is 7.86. The van der Waals surface area contributed by atoms with Crippen LogP contribution in [0, 0.1) is 0 Å². The number of hydrogen-bond donors (Lipinski definition) is 0. The highest BCUT2D eigenvalue weighted by Crippen LogP contribution is 2.21. The second-order valence-electron chi connectivity index (χ2n) is 7.24. The number of benzene rings is 1. The Morgan fingerprint density at radius 3 is 1.69 bits per heavy atom. The zero-order chi connectivity index (χ0) is 19.1. The minimum absolute atomic E-state index is 0.187. The molecule has 0 aromatic heterocycles. The first-order chi connectivity index (χ1) is 12.6. The molecule has 1 aromatic rings. The third kappa shape index (κ3) is 10.3. The first-order valence-electron chi connectivity index (χ1n) is 10.6. The van der Waals surface area contributed by atoms with Gasteiger partial charge in [0.1, 0.15) is 0 Å². The average Bonchev–Trinajstić information content (AvgIpc) is 2.64. The molecule has 150 valence electrons. The van der Waals surface area contributed by atoms with Crippen molar-refractivity contribution in [2.45, 2.75) is 108 Å². The molecule has 1 aromatic carbocycles. The third-order valence-electron chi connectivity index (χ3n) is 4.80. The van der Waals surface area contributed by atoms with Crippen LogP contribution in [0.2, 0.25) is 0 Å². The fraction of sp³-hybridized carbons (Fsp3) is 0.727. The van der Waals surface area contributed by atoms with Crippen LogP contribution in [0.3, 0.4) is 0 Å². The molecule has 0 aliphatic carbocycles. The maximum Gasteiger partial charge on any atom is 0.297 e. The zero-order valence-electron chi connectivity index (χ0n) is 16.8. The minimum atomic E-state index is -3.66. The van der Waals surface area contributed by atoms with Crippen molar-refractivity contribution in [2.75, 3.05) is 0 Å². The molecule has 0 bridgehead atoms. The van der Waals surface area contributed by atoms with E-state index in [0.29, 0.717) is 0 Å². The van der Waals surface area contributed by atoms with Crippen molar-refractivity contribution in [2.24, 2.45) is 0 Å². The largest absolute Gasteiger partial charge is 0.297 e. The molecule has 1 atom stereocenters. The summed E-state index contributed by atoms with van der Waals surface area (Å²) < 4.78 is 30.7. The topological polar surface area (TPSA) is 43.4 Å². The Morgan fingerprint density at radius 2 is 1.19 bits per heavy atom. The molecule has 0 fully saturated rings. The molecule has 1 rings (SSSR count). The molecule has 0 amide bonds. The molecular weight excluding hydrogens is 344 g/mol. The highest BCUT2D eigenvalue weighted by atomic mass is 32.2. The molecule has 0 radical (unpaired) electrons. The first-order valence-corrected chi connectivity index (χ1v) is 12.0. The fourth-order valence-corrected chi connectivity index (χ4v) is 4.34. The van der Waals surface area contributed by atoms with Gasteiger partial charge < -0.3 is 0 Å². The second kappa shape index (κ2) is 14.2. The second-order valence-corrected chi connectivity index (χ2v) is 8.82. The molecule has 0 saturated heterocycles. The van der Waals surface area contributed by atoms with Crippen LogP contribution >= 0.6 is 0 Å². The molecule has 0 N–H and O–H groups in total. The molecule has 0 aliphatic rings. The van der Waals surface area contributed by atoms with E-state index in [4.69, 9.17) is 4.18 Å². The van der Waals surface area contributed by atoms with Crippen LogP contribution < -0.4 is 0 Å². The summed E-state index contributed by atoms with van der Waals surface area (Å²) >= 11 is 0. The van der Waals surface area contributed by atoms with Gasteiger partial charge in [0.05, 0.1) is 11.0 Å². The average molecular weight is 383 g/mol. The predicted octanol–water partition coefficient (Wildman–Crippen LogP) is 6.87. The van der Waals surface area contributed by atoms with Crippen LogP contribution in [0.25, 0.3) is 0 Å². The summed E-state index contributed by atoms with van der Waals surface area (Å²) in [6, 6.07) is 8.52. The first kappa shape index (κ1) is 23.2. The Kier molecular flexibility index (Phi) is 12.7. The summed E-state index contributed by atoms with van der Waals surface area (Å²) in [6.45, 7) is 4.42. The summed E-state index contributed by atoms with van der Waals surface area (Å²) in [4.78, 5) is 0.263. The highest BCUT2D eigenvalue weighted by Gasteiger charge is 2.21. The lowest BCUT2D eigenvalue weighted by atomic mass is 10.0. The Bertz CT molecular complexity index is 540. The van der Waals surface area contributed by atoms with Crippen molar-refractivity contribution < 1.29 is 12.6 Å². The van der Waals surface area contributed by atoms with Gasteiger partial charge in [0.15, 0.2) is 0 Å². The zero-order valence-corrected chi connectivity index (χ0v) is 17.6. The van der Waals surface area contributed by atoms with Crippen LogP contribution in [0.15, 0.2) is 35.2 Å². The summed E-state index contributed by atoms with van der Waals surface area (Å²) in [6.07, 6.45) is 14.7. The summed E-state index contributed by atoms with van der Waals surface area (Å²) in [5.41, 5.74) is 0. The number of rotatable bonds is 16. The minimum Gasteiger partial charge on any atom is -0.263 e. The molecule has 0 heterocycles. The summed E-state index contributed by atoms with van der Waals surface area (Å²) in [5.74, 6) is 0. The molecular formula is C22H38O3S. The molecule has 1 unspecified atom stereocenters. The van der Waals surface area contributed by atoms with Gasteiger partial charge in [0.2, 0.25) is 0 Å². The van der Waals surface area contributed by atoms with Crippen LogP contribution in [0.5, 0.6) is 0 Å². The van der Waals surface area contributed by atoms with E-state index >= 15 is 0 Å². The Hall–Kier alpha value is -0.870. The standard InChI is InChI=1S/C22H38O3S/c1-3-5-7-9-11-14-18-21(17-13-10-8-6-4-2)25-26(23,24)22-19-15-12-16-20-22/h12,15-16,19-21H,3-11,13-14,17-18H2,1-2H3. The Labute approximate surface area is 161 Å². The Balaban J connectivity index is 2.50. The number of unbranched alkanes of at least 4 members (excludes halogenated alkanes) is 9. The lowest BCUT2D eigenvalue weighted by Crippen LogP contribution is -2.19. The fourth-order valence-electron chi connectivity index (χ4n) is 3.19. The monoisotopic (exact) mass is 382 g/mol. The van der Waals surface area contributed by atoms with Gasteiger partial charge >= 0.3 is 0 Å². The van der Waals surface area contributed by atoms with E-state index in [-0.39, 0.29) is 11.0 Å². The van der Waals surface area contributed by atoms with Crippen molar-refractivity contribution in [1.29, 1.82) is 0 Å². The van der Waals surface area contributed by atoms with E-state index in [2.05, 4.69) is 13.8 Å². The van der Waals surface area contributed by atoms with Gasteiger partial charge in [0.25, 0.3) is 10.1 Å². The van der Waals surface area contributed by atoms with Gasteiger partial charge in [-0.2, -0.15) is 8.42 Å². The van der Waals surface area contributed by atoms with E-state index in [9.17, 15) is 8.42 Å². The SMILES string of the molecule is CCCCCCCCC(CCCCCCC)OS(=O)(=O)c1ccccc1. The predicted molar refractivity (Wildman–Crippen MR) is 110 cm³/mol. The molecule has 3 nitrogen and oxygen atoms in total. The maximum absolute atomic E-state index is 12.5. The van der Waals surface area contributed by atoms with E-state index in [0.717, 1.165) is 32.1 Å². The van der Waals surface area contributed by atoms with Gasteiger partial charge in [-0.05, 0) is 25.0 Å². The molecule has 0 aliphatic heterocycles. The Morgan fingerprint density at radius 1 is 0.731 bits per heavy atom. The maximum atomic E-state index is 12.5. The van der Waals surface area contributed by atoms with Crippen LogP contribution in [0.1, 0.15) is 97.3 Å². The van der Waals surface area contributed by atoms with E-state index < -0.39 is 10.1 Å². The molecule has 26 heavy (non-hydrogen) atoms. The van der Waals surface area contributed by atoms with Crippen molar-refractivity contribution in [3.63, 3.8) is 0 Å². The quantitative estimate of drug-likeness (QED) is 0.231. The van der Waals surface area contributed by atoms with Crippen molar-refractivity contribution >= 4 is 10.1 Å². The van der Waals surface area contributed by atoms with E-state index in [1.54, 1.807) is 24.3 Å². The lowest BCUT2D eigenvalue weighted by Gasteiger charge is -2.18. The van der Waals surface area contributed by atoms with Crippen LogP contribution in [-0.2, 0) is 14.3 Å². The van der Waals surface area contributed by atoms with E-state index in [1.807, 2.05) is 6.07 Å². The van der Waals surface area contributed by atoms with Gasteiger partial charge in [-0.25, -0.2) is 0 Å². The number of hydrogen-bond acceptors (Lipinski definition) is 3. The van der Waals surface area contributed by atoms with Crippen molar-refractivity contribution in [3.8, 4) is 0 Å². The van der Waals surface area contributed by atoms with Gasteiger partial charge in [0, 0.05) is 0 Å². The molecule has 0 saturated carbocycles.